The highest BCUT2D eigenvalue weighted by Crippen LogP contribution is 2.29. The maximum absolute atomic E-state index is 12.5. The number of Topliss-reactive ketones (excluding diaryl/α,β-unsaturated/α-hetero) is 1. The topological polar surface area (TPSA) is 98.0 Å². The minimum Gasteiger partial charge on any atom is -0.374 e. The van der Waals surface area contributed by atoms with Gasteiger partial charge in [-0.15, -0.1) is 10.2 Å². The summed E-state index contributed by atoms with van der Waals surface area (Å²) >= 11 is 2.59. The van der Waals surface area contributed by atoms with Crippen LogP contribution in [0.1, 0.15) is 38.1 Å². The summed E-state index contributed by atoms with van der Waals surface area (Å²) in [6.07, 6.45) is 0. The van der Waals surface area contributed by atoms with Crippen LogP contribution in [0, 0.1) is 5.41 Å². The third-order valence-electron chi connectivity index (χ3n) is 3.18. The Labute approximate surface area is 149 Å². The van der Waals surface area contributed by atoms with E-state index in [1.54, 1.807) is 24.3 Å². The van der Waals surface area contributed by atoms with E-state index >= 15 is 0 Å². The molecule has 6 nitrogen and oxygen atoms in total. The maximum atomic E-state index is 12.5. The van der Waals surface area contributed by atoms with Crippen LogP contribution in [-0.2, 0) is 4.79 Å². The van der Waals surface area contributed by atoms with E-state index < -0.39 is 5.41 Å². The lowest BCUT2D eigenvalue weighted by Crippen LogP contribution is -2.27. The highest BCUT2D eigenvalue weighted by atomic mass is 32.2. The molecule has 1 aromatic heterocycles. The monoisotopic (exact) mass is 364 g/mol. The first-order chi connectivity index (χ1) is 11.2. The second kappa shape index (κ2) is 7.31. The minimum absolute atomic E-state index is 0.0116. The maximum Gasteiger partial charge on any atom is 0.229 e. The normalized spacial score (nSPS) is 12.7. The Morgan fingerprint density at radius 1 is 1.21 bits per heavy atom. The standard InChI is InChI=1S/C16H20N4O2S2/c1-9(23-15-20-19-14(17)24-15)12(21)10-5-7-11(8-6-10)18-13(22)16(2,3)4/h5-9H,1-4H3,(H2,17,19)(H,18,22)/t9-/m0/s1. The summed E-state index contributed by atoms with van der Waals surface area (Å²) in [6, 6.07) is 6.90. The van der Waals surface area contributed by atoms with Crippen LogP contribution in [0.5, 0.6) is 0 Å². The molecule has 0 aliphatic carbocycles. The fraction of sp³-hybridized carbons (Fsp3) is 0.375. The van der Waals surface area contributed by atoms with Gasteiger partial charge in [-0.3, -0.25) is 9.59 Å². The van der Waals surface area contributed by atoms with Gasteiger partial charge in [-0.25, -0.2) is 0 Å². The average Bonchev–Trinajstić information content (AvgIpc) is 2.91. The van der Waals surface area contributed by atoms with E-state index in [1.807, 2.05) is 27.7 Å². The summed E-state index contributed by atoms with van der Waals surface area (Å²) in [6.45, 7) is 7.36. The molecule has 2 aromatic rings. The van der Waals surface area contributed by atoms with E-state index in [0.29, 0.717) is 20.7 Å². The van der Waals surface area contributed by atoms with Crippen molar-refractivity contribution < 1.29 is 9.59 Å². The van der Waals surface area contributed by atoms with Gasteiger partial charge < -0.3 is 11.1 Å². The van der Waals surface area contributed by atoms with Crippen LogP contribution in [0.3, 0.4) is 0 Å². The van der Waals surface area contributed by atoms with Crippen LogP contribution in [0.15, 0.2) is 28.6 Å². The van der Waals surface area contributed by atoms with Gasteiger partial charge in [0, 0.05) is 16.7 Å². The van der Waals surface area contributed by atoms with Crippen molar-refractivity contribution in [2.75, 3.05) is 11.1 Å². The van der Waals surface area contributed by atoms with E-state index in [9.17, 15) is 9.59 Å². The predicted molar refractivity (Wildman–Crippen MR) is 98.5 cm³/mol. The number of thioether (sulfide) groups is 1. The van der Waals surface area contributed by atoms with E-state index in [1.165, 1.54) is 23.1 Å². The number of nitrogens with zero attached hydrogens (tertiary/aromatic N) is 2. The van der Waals surface area contributed by atoms with Gasteiger partial charge in [0.25, 0.3) is 0 Å². The summed E-state index contributed by atoms with van der Waals surface area (Å²) in [7, 11) is 0. The van der Waals surface area contributed by atoms with E-state index in [0.717, 1.165) is 0 Å². The summed E-state index contributed by atoms with van der Waals surface area (Å²) in [4.78, 5) is 24.4. The lowest BCUT2D eigenvalue weighted by Gasteiger charge is -2.17. The molecule has 0 saturated carbocycles. The molecule has 2 rings (SSSR count). The van der Waals surface area contributed by atoms with E-state index in [4.69, 9.17) is 5.73 Å². The molecule has 24 heavy (non-hydrogen) atoms. The molecule has 0 aliphatic heterocycles. The summed E-state index contributed by atoms with van der Waals surface area (Å²) in [5, 5.41) is 10.6. The number of anilines is 2. The summed E-state index contributed by atoms with van der Waals surface area (Å²) in [5.74, 6) is -0.0816. The van der Waals surface area contributed by atoms with Crippen molar-refractivity contribution in [3.05, 3.63) is 29.8 Å². The van der Waals surface area contributed by atoms with Gasteiger partial charge >= 0.3 is 0 Å². The molecular formula is C16H20N4O2S2. The number of nitrogens with two attached hydrogens (primary N) is 1. The van der Waals surface area contributed by atoms with Gasteiger partial charge in [0.2, 0.25) is 11.0 Å². The summed E-state index contributed by atoms with van der Waals surface area (Å²) < 4.78 is 0.669. The van der Waals surface area contributed by atoms with Gasteiger partial charge in [-0.05, 0) is 31.2 Å². The van der Waals surface area contributed by atoms with Gasteiger partial charge in [0.1, 0.15) is 0 Å². The Balaban J connectivity index is 2.01. The third kappa shape index (κ3) is 4.78. The van der Waals surface area contributed by atoms with Crippen molar-refractivity contribution >= 4 is 45.6 Å². The molecule has 8 heteroatoms. The fourth-order valence-electron chi connectivity index (χ4n) is 1.74. The second-order valence-corrected chi connectivity index (χ2v) is 8.91. The van der Waals surface area contributed by atoms with Crippen LogP contribution >= 0.6 is 23.1 Å². The molecule has 1 heterocycles. The van der Waals surface area contributed by atoms with Crippen molar-refractivity contribution in [3.63, 3.8) is 0 Å². The van der Waals surface area contributed by atoms with Crippen LogP contribution in [0.4, 0.5) is 10.8 Å². The molecule has 0 unspecified atom stereocenters. The first-order valence-corrected chi connectivity index (χ1v) is 9.08. The smallest absolute Gasteiger partial charge is 0.229 e. The second-order valence-electron chi connectivity index (χ2n) is 6.31. The molecule has 0 spiro atoms. The number of hydrogen-bond donors (Lipinski definition) is 2. The predicted octanol–water partition coefficient (Wildman–Crippen LogP) is 3.47. The van der Waals surface area contributed by atoms with Gasteiger partial charge in [0.05, 0.1) is 5.25 Å². The quantitative estimate of drug-likeness (QED) is 0.623. The van der Waals surface area contributed by atoms with Crippen molar-refractivity contribution in [1.82, 2.24) is 10.2 Å². The van der Waals surface area contributed by atoms with Crippen molar-refractivity contribution in [1.29, 1.82) is 0 Å². The molecule has 1 aromatic carbocycles. The molecule has 1 amide bonds. The number of nitrogen functional groups attached to an aromatic ring is 1. The highest BCUT2D eigenvalue weighted by Gasteiger charge is 2.22. The molecule has 0 saturated heterocycles. The zero-order valence-corrected chi connectivity index (χ0v) is 15.6. The zero-order chi connectivity index (χ0) is 17.9. The Hall–Kier alpha value is -1.93. The third-order valence-corrected chi connectivity index (χ3v) is 5.11. The number of carbonyl (C=O) groups is 2. The number of benzene rings is 1. The van der Waals surface area contributed by atoms with Crippen LogP contribution in [0.25, 0.3) is 0 Å². The number of hydrogen-bond acceptors (Lipinski definition) is 7. The summed E-state index contributed by atoms with van der Waals surface area (Å²) in [5.41, 5.74) is 6.33. The Bertz CT molecular complexity index is 735. The first-order valence-electron chi connectivity index (χ1n) is 7.38. The largest absolute Gasteiger partial charge is 0.374 e. The average molecular weight is 364 g/mol. The fourth-order valence-corrected chi connectivity index (χ4v) is 3.60. The molecule has 128 valence electrons. The molecule has 0 bridgehead atoms. The van der Waals surface area contributed by atoms with Crippen molar-refractivity contribution in [2.45, 2.75) is 37.3 Å². The lowest BCUT2D eigenvalue weighted by atomic mass is 9.95. The number of carbonyl (C=O) groups excluding carboxylic acids is 2. The number of nitrogens with one attached hydrogen (secondary N) is 1. The van der Waals surface area contributed by atoms with Crippen LogP contribution in [0.2, 0.25) is 0 Å². The van der Waals surface area contributed by atoms with Crippen LogP contribution < -0.4 is 11.1 Å². The molecule has 0 fully saturated rings. The number of amides is 1. The first kappa shape index (κ1) is 18.4. The lowest BCUT2D eigenvalue weighted by molar-refractivity contribution is -0.123. The molecule has 3 N–H and O–H groups in total. The molecule has 0 radical (unpaired) electrons. The molecule has 1 atom stereocenters. The molecular weight excluding hydrogens is 344 g/mol. The molecule has 0 aliphatic rings. The van der Waals surface area contributed by atoms with Gasteiger partial charge in [-0.1, -0.05) is 43.9 Å². The van der Waals surface area contributed by atoms with E-state index in [-0.39, 0.29) is 16.9 Å². The SMILES string of the molecule is C[C@H](Sc1nnc(N)s1)C(=O)c1ccc(NC(=O)C(C)(C)C)cc1. The number of rotatable bonds is 5. The van der Waals surface area contributed by atoms with Gasteiger partial charge in [-0.2, -0.15) is 0 Å². The number of aromatic nitrogens is 2. The Morgan fingerprint density at radius 3 is 2.33 bits per heavy atom. The zero-order valence-electron chi connectivity index (χ0n) is 14.0. The van der Waals surface area contributed by atoms with Crippen LogP contribution in [-0.4, -0.2) is 27.1 Å². The minimum atomic E-state index is -0.469. The Kier molecular flexibility index (Phi) is 5.61. The van der Waals surface area contributed by atoms with E-state index in [2.05, 4.69) is 15.5 Å². The van der Waals surface area contributed by atoms with Crippen molar-refractivity contribution in [2.24, 2.45) is 5.41 Å². The van der Waals surface area contributed by atoms with Gasteiger partial charge in [0.15, 0.2) is 10.1 Å². The van der Waals surface area contributed by atoms with Crippen molar-refractivity contribution in [3.8, 4) is 0 Å². The Morgan fingerprint density at radius 2 is 1.83 bits per heavy atom. The highest BCUT2D eigenvalue weighted by molar-refractivity contribution is 8.02. The number of ketones is 1.